The van der Waals surface area contributed by atoms with E-state index in [-0.39, 0.29) is 24.2 Å². The summed E-state index contributed by atoms with van der Waals surface area (Å²) in [6.45, 7) is 7.02. The first-order chi connectivity index (χ1) is 11.3. The van der Waals surface area contributed by atoms with Gasteiger partial charge >= 0.3 is 0 Å². The summed E-state index contributed by atoms with van der Waals surface area (Å²) in [7, 11) is 0. The van der Waals surface area contributed by atoms with Crippen LogP contribution in [-0.4, -0.2) is 30.4 Å². The minimum atomic E-state index is -0.643. The zero-order valence-corrected chi connectivity index (χ0v) is 17.3. The van der Waals surface area contributed by atoms with Crippen LogP contribution in [0.25, 0.3) is 0 Å². The maximum atomic E-state index is 12.7. The lowest BCUT2D eigenvalue weighted by Crippen LogP contribution is -2.54. The Kier molecular flexibility index (Phi) is 7.90. The van der Waals surface area contributed by atoms with Crippen LogP contribution in [0.3, 0.4) is 0 Å². The molecular formula is C18H27BrClN3O2. The van der Waals surface area contributed by atoms with Crippen molar-refractivity contribution in [3.8, 4) is 0 Å². The van der Waals surface area contributed by atoms with Gasteiger partial charge < -0.3 is 16.0 Å². The van der Waals surface area contributed by atoms with Gasteiger partial charge in [0, 0.05) is 23.1 Å². The van der Waals surface area contributed by atoms with Crippen molar-refractivity contribution >= 4 is 45.8 Å². The van der Waals surface area contributed by atoms with E-state index in [2.05, 4.69) is 35.1 Å². The van der Waals surface area contributed by atoms with Crippen molar-refractivity contribution in [2.24, 2.45) is 17.6 Å². The first-order valence-electron chi connectivity index (χ1n) is 8.35. The summed E-state index contributed by atoms with van der Waals surface area (Å²) in [5.41, 5.74) is 6.19. The molecule has 2 amide bonds. The van der Waals surface area contributed by atoms with Crippen LogP contribution in [0, 0.1) is 11.8 Å². The van der Waals surface area contributed by atoms with Crippen LogP contribution in [0.5, 0.6) is 0 Å². The third-order valence-corrected chi connectivity index (χ3v) is 5.07. The van der Waals surface area contributed by atoms with Gasteiger partial charge in [-0.2, -0.15) is 0 Å². The smallest absolute Gasteiger partial charge is 0.239 e. The predicted molar refractivity (Wildman–Crippen MR) is 107 cm³/mol. The highest BCUT2D eigenvalue weighted by molar-refractivity contribution is 9.10. The molecule has 0 aliphatic carbocycles. The standard InChI is InChI=1S/C18H26BrN3O2.ClH/c1-12(2)10-18(3,11-20)21-16(23)13-8-9-22(17(13)24)15-7-5-4-6-14(15)19;/h4-7,12-13H,8-11,20H2,1-3H3,(H,21,23);1H. The molecule has 2 rings (SSSR count). The fourth-order valence-electron chi connectivity index (χ4n) is 3.30. The zero-order valence-electron chi connectivity index (χ0n) is 14.9. The number of benzene rings is 1. The zero-order chi connectivity index (χ0) is 17.9. The quantitative estimate of drug-likeness (QED) is 0.678. The first-order valence-corrected chi connectivity index (χ1v) is 9.14. The summed E-state index contributed by atoms with van der Waals surface area (Å²) in [6, 6.07) is 7.56. The molecule has 0 radical (unpaired) electrons. The summed E-state index contributed by atoms with van der Waals surface area (Å²) in [5.74, 6) is -0.600. The summed E-state index contributed by atoms with van der Waals surface area (Å²) >= 11 is 3.47. The Bertz CT molecular complexity index is 626. The summed E-state index contributed by atoms with van der Waals surface area (Å²) in [6.07, 6.45) is 1.30. The number of para-hydroxylation sites is 1. The van der Waals surface area contributed by atoms with E-state index < -0.39 is 11.5 Å². The van der Waals surface area contributed by atoms with Crippen LogP contribution >= 0.6 is 28.3 Å². The van der Waals surface area contributed by atoms with Gasteiger partial charge in [0.1, 0.15) is 5.92 Å². The fraction of sp³-hybridized carbons (Fsp3) is 0.556. The van der Waals surface area contributed by atoms with E-state index in [0.717, 1.165) is 16.6 Å². The van der Waals surface area contributed by atoms with Gasteiger partial charge in [0.05, 0.1) is 5.69 Å². The SMILES string of the molecule is CC(C)CC(C)(CN)NC(=O)C1CCN(c2ccccc2Br)C1=O.Cl. The highest BCUT2D eigenvalue weighted by Gasteiger charge is 2.40. The average Bonchev–Trinajstić information content (AvgIpc) is 2.88. The van der Waals surface area contributed by atoms with Gasteiger partial charge in [-0.1, -0.05) is 26.0 Å². The number of anilines is 1. The van der Waals surface area contributed by atoms with Crippen LogP contribution in [0.1, 0.15) is 33.6 Å². The van der Waals surface area contributed by atoms with Crippen molar-refractivity contribution < 1.29 is 9.59 Å². The second-order valence-corrected chi connectivity index (χ2v) is 7.99. The van der Waals surface area contributed by atoms with Gasteiger partial charge in [0.2, 0.25) is 11.8 Å². The van der Waals surface area contributed by atoms with Crippen molar-refractivity contribution in [1.29, 1.82) is 0 Å². The number of carbonyl (C=O) groups excluding carboxylic acids is 2. The summed E-state index contributed by atoms with van der Waals surface area (Å²) in [5, 5.41) is 3.01. The second kappa shape index (κ2) is 9.01. The van der Waals surface area contributed by atoms with Crippen LogP contribution in [-0.2, 0) is 9.59 Å². The molecule has 25 heavy (non-hydrogen) atoms. The Morgan fingerprint density at radius 2 is 2.08 bits per heavy atom. The third-order valence-electron chi connectivity index (χ3n) is 4.40. The van der Waals surface area contributed by atoms with Crippen molar-refractivity contribution in [1.82, 2.24) is 5.32 Å². The van der Waals surface area contributed by atoms with Gasteiger partial charge in [-0.05, 0) is 53.7 Å². The van der Waals surface area contributed by atoms with E-state index in [1.807, 2.05) is 31.2 Å². The Morgan fingerprint density at radius 1 is 1.44 bits per heavy atom. The number of rotatable bonds is 6. The first kappa shape index (κ1) is 21.9. The number of halogens is 2. The molecule has 0 bridgehead atoms. The lowest BCUT2D eigenvalue weighted by molar-refractivity contribution is -0.133. The third kappa shape index (κ3) is 5.19. The average molecular weight is 433 g/mol. The molecule has 140 valence electrons. The van der Waals surface area contributed by atoms with Crippen LogP contribution in [0.4, 0.5) is 5.69 Å². The fourth-order valence-corrected chi connectivity index (χ4v) is 3.80. The van der Waals surface area contributed by atoms with E-state index in [9.17, 15) is 9.59 Å². The Labute approximate surface area is 164 Å². The van der Waals surface area contributed by atoms with Gasteiger partial charge in [-0.25, -0.2) is 0 Å². The van der Waals surface area contributed by atoms with Crippen molar-refractivity contribution in [3.05, 3.63) is 28.7 Å². The predicted octanol–water partition coefficient (Wildman–Crippen LogP) is 3.10. The molecule has 1 heterocycles. The monoisotopic (exact) mass is 431 g/mol. The Balaban J connectivity index is 0.00000312. The molecule has 1 aliphatic rings. The van der Waals surface area contributed by atoms with Gasteiger partial charge in [-0.3, -0.25) is 9.59 Å². The highest BCUT2D eigenvalue weighted by Crippen LogP contribution is 2.31. The molecule has 5 nitrogen and oxygen atoms in total. The van der Waals surface area contributed by atoms with E-state index >= 15 is 0 Å². The molecule has 0 aromatic heterocycles. The van der Waals surface area contributed by atoms with Crippen LogP contribution in [0.15, 0.2) is 28.7 Å². The lowest BCUT2D eigenvalue weighted by Gasteiger charge is -2.32. The summed E-state index contributed by atoms with van der Waals surface area (Å²) < 4.78 is 0.853. The Morgan fingerprint density at radius 3 is 2.64 bits per heavy atom. The topological polar surface area (TPSA) is 75.4 Å². The highest BCUT2D eigenvalue weighted by atomic mass is 79.9. The molecule has 1 aromatic rings. The molecule has 1 aliphatic heterocycles. The maximum Gasteiger partial charge on any atom is 0.239 e. The normalized spacial score (nSPS) is 19.5. The molecule has 1 saturated heterocycles. The molecule has 7 heteroatoms. The molecule has 3 N–H and O–H groups in total. The molecular weight excluding hydrogens is 406 g/mol. The number of nitrogens with two attached hydrogens (primary N) is 1. The number of carbonyl (C=O) groups is 2. The Hall–Kier alpha value is -1.11. The van der Waals surface area contributed by atoms with E-state index in [4.69, 9.17) is 5.73 Å². The molecule has 0 spiro atoms. The van der Waals surface area contributed by atoms with Gasteiger partial charge in [0.25, 0.3) is 0 Å². The number of nitrogens with one attached hydrogen (secondary N) is 1. The van der Waals surface area contributed by atoms with Crippen LogP contribution < -0.4 is 16.0 Å². The molecule has 2 unspecified atom stereocenters. The largest absolute Gasteiger partial charge is 0.349 e. The minimum absolute atomic E-state index is 0. The molecule has 1 aromatic carbocycles. The van der Waals surface area contributed by atoms with Gasteiger partial charge in [0.15, 0.2) is 0 Å². The minimum Gasteiger partial charge on any atom is -0.349 e. The number of hydrogen-bond acceptors (Lipinski definition) is 3. The molecule has 0 saturated carbocycles. The number of nitrogens with zero attached hydrogens (tertiary/aromatic N) is 1. The van der Waals surface area contributed by atoms with Crippen molar-refractivity contribution in [2.45, 2.75) is 39.2 Å². The number of amides is 2. The van der Waals surface area contributed by atoms with Crippen molar-refractivity contribution in [3.63, 3.8) is 0 Å². The number of hydrogen-bond donors (Lipinski definition) is 2. The molecule has 2 atom stereocenters. The van der Waals surface area contributed by atoms with E-state index in [1.54, 1.807) is 4.90 Å². The van der Waals surface area contributed by atoms with Crippen LogP contribution in [0.2, 0.25) is 0 Å². The maximum absolute atomic E-state index is 12.7. The lowest BCUT2D eigenvalue weighted by atomic mass is 9.90. The van der Waals surface area contributed by atoms with E-state index in [0.29, 0.717) is 25.4 Å². The van der Waals surface area contributed by atoms with Crippen molar-refractivity contribution in [2.75, 3.05) is 18.0 Å². The van der Waals surface area contributed by atoms with Gasteiger partial charge in [-0.15, -0.1) is 12.4 Å². The van der Waals surface area contributed by atoms with E-state index in [1.165, 1.54) is 0 Å². The second-order valence-electron chi connectivity index (χ2n) is 7.13. The summed E-state index contributed by atoms with van der Waals surface area (Å²) in [4.78, 5) is 27.0. The molecule has 1 fully saturated rings.